The number of rotatable bonds is 3. The number of hydrogen-bond acceptors (Lipinski definition) is 4. The molecule has 0 bridgehead atoms. The molecule has 0 unspecified atom stereocenters. The van der Waals surface area contributed by atoms with E-state index in [1.807, 2.05) is 36.9 Å². The molecular formula is C36H29BN2O2. The zero-order valence-electron chi connectivity index (χ0n) is 23.6. The van der Waals surface area contributed by atoms with E-state index in [4.69, 9.17) is 9.31 Å². The van der Waals surface area contributed by atoms with Crippen LogP contribution in [0.5, 0.6) is 0 Å². The topological polar surface area (TPSA) is 44.2 Å². The van der Waals surface area contributed by atoms with E-state index in [0.717, 1.165) is 22.0 Å². The van der Waals surface area contributed by atoms with Crippen LogP contribution >= 0.6 is 0 Å². The molecule has 2 aromatic heterocycles. The first-order valence-electron chi connectivity index (χ1n) is 14.2. The van der Waals surface area contributed by atoms with Crippen molar-refractivity contribution < 1.29 is 9.31 Å². The molecule has 1 aliphatic carbocycles. The van der Waals surface area contributed by atoms with Crippen molar-refractivity contribution in [2.24, 2.45) is 0 Å². The number of aromatic nitrogens is 2. The lowest BCUT2D eigenvalue weighted by molar-refractivity contribution is 0.00578. The Balaban J connectivity index is 1.50. The van der Waals surface area contributed by atoms with Gasteiger partial charge in [0, 0.05) is 35.9 Å². The predicted octanol–water partition coefficient (Wildman–Crippen LogP) is 8.06. The Hall–Kier alpha value is -4.32. The van der Waals surface area contributed by atoms with E-state index in [2.05, 4.69) is 104 Å². The van der Waals surface area contributed by atoms with Crippen LogP contribution < -0.4 is 5.46 Å². The fourth-order valence-electron chi connectivity index (χ4n) is 6.62. The first-order valence-corrected chi connectivity index (χ1v) is 14.2. The molecule has 1 aliphatic heterocycles. The normalized spacial score (nSPS) is 16.4. The van der Waals surface area contributed by atoms with Crippen molar-refractivity contribution in [2.45, 2.75) is 38.9 Å². The number of fused-ring (bicyclic) bond motifs is 4. The van der Waals surface area contributed by atoms with E-state index in [1.54, 1.807) is 0 Å². The minimum atomic E-state index is -0.442. The maximum atomic E-state index is 6.55. The van der Waals surface area contributed by atoms with E-state index >= 15 is 0 Å². The van der Waals surface area contributed by atoms with Gasteiger partial charge in [-0.1, -0.05) is 66.7 Å². The molecule has 0 radical (unpaired) electrons. The van der Waals surface area contributed by atoms with Crippen LogP contribution in [0.3, 0.4) is 0 Å². The summed E-state index contributed by atoms with van der Waals surface area (Å²) in [5.74, 6) is 0. The minimum Gasteiger partial charge on any atom is -0.399 e. The van der Waals surface area contributed by atoms with E-state index in [0.29, 0.717) is 0 Å². The highest BCUT2D eigenvalue weighted by Gasteiger charge is 2.52. The molecule has 2 aliphatic rings. The van der Waals surface area contributed by atoms with Crippen LogP contribution in [0.4, 0.5) is 0 Å². The maximum Gasteiger partial charge on any atom is 0.495 e. The van der Waals surface area contributed by atoms with Crippen LogP contribution in [-0.4, -0.2) is 28.3 Å². The van der Waals surface area contributed by atoms with Crippen molar-refractivity contribution in [1.82, 2.24) is 9.97 Å². The SMILES string of the molecule is CC1(C)OB(c2ccc3c4c(cccc24)-c2c-3c(-c3cccnc3)c3ccccc3c2-c2cccnc2)OC1(C)C. The van der Waals surface area contributed by atoms with E-state index in [9.17, 15) is 0 Å². The third kappa shape index (κ3) is 3.43. The number of benzene rings is 4. The van der Waals surface area contributed by atoms with Gasteiger partial charge in [0.25, 0.3) is 0 Å². The molecule has 0 amide bonds. The molecule has 4 nitrogen and oxygen atoms in total. The molecule has 4 aromatic carbocycles. The summed E-state index contributed by atoms with van der Waals surface area (Å²) in [5, 5.41) is 4.80. The number of hydrogen-bond donors (Lipinski definition) is 0. The summed E-state index contributed by atoms with van der Waals surface area (Å²) in [6, 6.07) is 28.2. The fourth-order valence-corrected chi connectivity index (χ4v) is 6.62. The van der Waals surface area contributed by atoms with Gasteiger partial charge in [-0.3, -0.25) is 9.97 Å². The highest BCUT2D eigenvalue weighted by molar-refractivity contribution is 6.65. The first-order chi connectivity index (χ1) is 19.9. The monoisotopic (exact) mass is 532 g/mol. The Bertz CT molecular complexity index is 1890. The molecule has 198 valence electrons. The van der Waals surface area contributed by atoms with E-state index < -0.39 is 18.3 Å². The van der Waals surface area contributed by atoms with Gasteiger partial charge in [-0.2, -0.15) is 0 Å². The van der Waals surface area contributed by atoms with Crippen LogP contribution in [0.2, 0.25) is 0 Å². The number of nitrogens with zero attached hydrogens (tertiary/aromatic N) is 2. The largest absolute Gasteiger partial charge is 0.495 e. The zero-order valence-corrected chi connectivity index (χ0v) is 23.6. The van der Waals surface area contributed by atoms with Crippen LogP contribution in [0, 0.1) is 0 Å². The lowest BCUT2D eigenvalue weighted by atomic mass is 9.75. The second-order valence-electron chi connectivity index (χ2n) is 12.0. The summed E-state index contributed by atoms with van der Waals surface area (Å²) < 4.78 is 13.1. The Kier molecular flexibility index (Phi) is 5.13. The molecule has 1 fully saturated rings. The van der Waals surface area contributed by atoms with Gasteiger partial charge in [-0.05, 0) is 100 Å². The standard InChI is InChI=1S/C36H29BN2O2/c1-35(2)36(3,4)41-37(40-35)29-17-16-28-32-26(29)14-7-15-27(32)33-30(22-10-8-18-38-20-22)24-12-5-6-13-25(24)31(34(28)33)23-11-9-19-39-21-23/h5-21H,1-4H3. The second-order valence-corrected chi connectivity index (χ2v) is 12.0. The fraction of sp³-hybridized carbons (Fsp3) is 0.167. The zero-order chi connectivity index (χ0) is 27.9. The Morgan fingerprint density at radius 2 is 1.07 bits per heavy atom. The molecule has 8 rings (SSSR count). The van der Waals surface area contributed by atoms with Crippen molar-refractivity contribution in [2.75, 3.05) is 0 Å². The molecule has 5 heteroatoms. The minimum absolute atomic E-state index is 0.415. The van der Waals surface area contributed by atoms with Crippen LogP contribution in [-0.2, 0) is 9.31 Å². The van der Waals surface area contributed by atoms with Gasteiger partial charge in [0.2, 0.25) is 0 Å². The highest BCUT2D eigenvalue weighted by Crippen LogP contribution is 2.57. The highest BCUT2D eigenvalue weighted by atomic mass is 16.7. The molecule has 0 atom stereocenters. The van der Waals surface area contributed by atoms with Crippen LogP contribution in [0.15, 0.2) is 104 Å². The van der Waals surface area contributed by atoms with Crippen molar-refractivity contribution in [3.05, 3.63) is 104 Å². The second kappa shape index (κ2) is 8.59. The van der Waals surface area contributed by atoms with Crippen LogP contribution in [0.1, 0.15) is 27.7 Å². The first kappa shape index (κ1) is 24.5. The predicted molar refractivity (Wildman–Crippen MR) is 168 cm³/mol. The number of pyridine rings is 2. The lowest BCUT2D eigenvalue weighted by Crippen LogP contribution is -2.41. The van der Waals surface area contributed by atoms with Gasteiger partial charge in [0.05, 0.1) is 11.2 Å². The Morgan fingerprint density at radius 1 is 0.537 bits per heavy atom. The summed E-state index contributed by atoms with van der Waals surface area (Å²) in [7, 11) is -0.442. The van der Waals surface area contributed by atoms with Crippen LogP contribution in [0.25, 0.3) is 66.1 Å². The third-order valence-corrected chi connectivity index (χ3v) is 9.24. The molecule has 0 spiro atoms. The summed E-state index contributed by atoms with van der Waals surface area (Å²) in [6.07, 6.45) is 7.62. The van der Waals surface area contributed by atoms with Gasteiger partial charge in [-0.15, -0.1) is 0 Å². The van der Waals surface area contributed by atoms with Crippen molar-refractivity contribution >= 4 is 34.1 Å². The smallest absolute Gasteiger partial charge is 0.399 e. The van der Waals surface area contributed by atoms with Crippen molar-refractivity contribution in [1.29, 1.82) is 0 Å². The third-order valence-electron chi connectivity index (χ3n) is 9.24. The molecule has 0 N–H and O–H groups in total. The molecule has 6 aromatic rings. The van der Waals surface area contributed by atoms with Crippen molar-refractivity contribution in [3.63, 3.8) is 0 Å². The average Bonchev–Trinajstić information content (AvgIpc) is 3.43. The van der Waals surface area contributed by atoms with E-state index in [-0.39, 0.29) is 0 Å². The van der Waals surface area contributed by atoms with Gasteiger partial charge in [-0.25, -0.2) is 0 Å². The van der Waals surface area contributed by atoms with Crippen molar-refractivity contribution in [3.8, 4) is 44.5 Å². The van der Waals surface area contributed by atoms with Gasteiger partial charge < -0.3 is 9.31 Å². The summed E-state index contributed by atoms with van der Waals surface area (Å²) >= 11 is 0. The van der Waals surface area contributed by atoms with Gasteiger partial charge in [0.15, 0.2) is 0 Å². The summed E-state index contributed by atoms with van der Waals surface area (Å²) in [4.78, 5) is 9.05. The van der Waals surface area contributed by atoms with Gasteiger partial charge >= 0.3 is 7.12 Å². The average molecular weight is 532 g/mol. The van der Waals surface area contributed by atoms with Gasteiger partial charge in [0.1, 0.15) is 0 Å². The maximum absolute atomic E-state index is 6.55. The molecular weight excluding hydrogens is 503 g/mol. The summed E-state index contributed by atoms with van der Waals surface area (Å²) in [6.45, 7) is 8.42. The quantitative estimate of drug-likeness (QED) is 0.216. The molecule has 41 heavy (non-hydrogen) atoms. The molecule has 3 heterocycles. The Morgan fingerprint density at radius 3 is 1.61 bits per heavy atom. The summed E-state index contributed by atoms with van der Waals surface area (Å²) in [5.41, 5.74) is 9.78. The molecule has 0 saturated carbocycles. The lowest BCUT2D eigenvalue weighted by Gasteiger charge is -2.32. The van der Waals surface area contributed by atoms with E-state index in [1.165, 1.54) is 49.5 Å². The Labute approximate surface area is 240 Å². The molecule has 1 saturated heterocycles.